The number of hydrogen-bond donors (Lipinski definition) is 1. The largest absolute Gasteiger partial charge is 0.376 e. The average Bonchev–Trinajstić information content (AvgIpc) is 3.15. The van der Waals surface area contributed by atoms with Gasteiger partial charge in [0.05, 0.1) is 12.7 Å². The van der Waals surface area contributed by atoms with Crippen molar-refractivity contribution in [2.24, 2.45) is 7.05 Å². The number of rotatable bonds is 3. The summed E-state index contributed by atoms with van der Waals surface area (Å²) >= 11 is 0. The smallest absolute Gasteiger partial charge is 0.321 e. The predicted octanol–water partition coefficient (Wildman–Crippen LogP) is 2.20. The molecule has 2 aliphatic heterocycles. The number of ether oxygens (including phenoxy) is 1. The number of hydrogen-bond acceptors (Lipinski definition) is 5. The quantitative estimate of drug-likeness (QED) is 0.878. The second-order valence-electron chi connectivity index (χ2n) is 7.64. The molecular formula is C20H28N6O2. The number of carbonyl (C=O) groups is 1. The minimum Gasteiger partial charge on any atom is -0.376 e. The van der Waals surface area contributed by atoms with E-state index in [2.05, 4.69) is 27.2 Å². The molecule has 2 saturated heterocycles. The standard InChI is InChI=1S/C20H28N6O2/c1-15-13-26(11-12-28-15)18-7-9-25(10-8-18)20(27)22-17-5-3-16(4-6-17)19-21-14-24(2)23-19/h3-6,14-15,18H,7-13H2,1-2H3,(H,22,27). The normalized spacial score (nSPS) is 21.6. The zero-order valence-corrected chi connectivity index (χ0v) is 16.5. The van der Waals surface area contributed by atoms with Gasteiger partial charge >= 0.3 is 6.03 Å². The number of urea groups is 1. The van der Waals surface area contributed by atoms with Crippen LogP contribution in [0.4, 0.5) is 10.5 Å². The molecule has 0 saturated carbocycles. The Morgan fingerprint density at radius 1 is 1.18 bits per heavy atom. The summed E-state index contributed by atoms with van der Waals surface area (Å²) in [5, 5.41) is 7.30. The first-order chi connectivity index (χ1) is 13.6. The van der Waals surface area contributed by atoms with E-state index < -0.39 is 0 Å². The third-order valence-corrected chi connectivity index (χ3v) is 5.53. The molecule has 1 N–H and O–H groups in total. The fourth-order valence-electron chi connectivity index (χ4n) is 3.99. The maximum Gasteiger partial charge on any atom is 0.321 e. The average molecular weight is 384 g/mol. The van der Waals surface area contributed by atoms with Crippen LogP contribution in [0.15, 0.2) is 30.6 Å². The molecule has 1 aromatic heterocycles. The van der Waals surface area contributed by atoms with Gasteiger partial charge in [0, 0.05) is 50.5 Å². The number of anilines is 1. The monoisotopic (exact) mass is 384 g/mol. The first-order valence-corrected chi connectivity index (χ1v) is 9.96. The second-order valence-corrected chi connectivity index (χ2v) is 7.64. The molecule has 28 heavy (non-hydrogen) atoms. The highest BCUT2D eigenvalue weighted by atomic mass is 16.5. The number of aromatic nitrogens is 3. The molecule has 1 atom stereocenters. The Hall–Kier alpha value is -2.45. The molecule has 0 aliphatic carbocycles. The van der Waals surface area contributed by atoms with E-state index in [1.807, 2.05) is 36.2 Å². The molecule has 0 radical (unpaired) electrons. The van der Waals surface area contributed by atoms with Gasteiger partial charge in [-0.1, -0.05) is 0 Å². The van der Waals surface area contributed by atoms with Crippen LogP contribution in [-0.4, -0.2) is 75.5 Å². The molecule has 2 fully saturated rings. The summed E-state index contributed by atoms with van der Waals surface area (Å²) in [6, 6.07) is 8.17. The fourth-order valence-corrected chi connectivity index (χ4v) is 3.99. The van der Waals surface area contributed by atoms with E-state index in [1.54, 1.807) is 11.0 Å². The lowest BCUT2D eigenvalue weighted by atomic mass is 10.0. The Morgan fingerprint density at radius 2 is 1.93 bits per heavy atom. The van der Waals surface area contributed by atoms with Crippen molar-refractivity contribution in [1.82, 2.24) is 24.6 Å². The van der Waals surface area contributed by atoms with Crippen LogP contribution < -0.4 is 5.32 Å². The fraction of sp³-hybridized carbons (Fsp3) is 0.550. The van der Waals surface area contributed by atoms with Gasteiger partial charge in [-0.2, -0.15) is 5.10 Å². The summed E-state index contributed by atoms with van der Waals surface area (Å²) in [7, 11) is 1.84. The maximum atomic E-state index is 12.6. The number of aryl methyl sites for hydroxylation is 1. The molecule has 4 rings (SSSR count). The lowest BCUT2D eigenvalue weighted by Gasteiger charge is -2.41. The van der Waals surface area contributed by atoms with Crippen molar-refractivity contribution in [2.75, 3.05) is 38.1 Å². The number of likely N-dealkylation sites (tertiary alicyclic amines) is 1. The first-order valence-electron chi connectivity index (χ1n) is 9.96. The van der Waals surface area contributed by atoms with Crippen molar-refractivity contribution >= 4 is 11.7 Å². The van der Waals surface area contributed by atoms with Crippen molar-refractivity contribution < 1.29 is 9.53 Å². The number of benzene rings is 1. The summed E-state index contributed by atoms with van der Waals surface area (Å²) < 4.78 is 7.31. The van der Waals surface area contributed by atoms with Gasteiger partial charge in [-0.25, -0.2) is 9.78 Å². The van der Waals surface area contributed by atoms with Crippen LogP contribution in [0.5, 0.6) is 0 Å². The molecule has 1 aromatic carbocycles. The molecule has 150 valence electrons. The SMILES string of the molecule is CC1CN(C2CCN(C(=O)Nc3ccc(-c4ncn(C)n4)cc3)CC2)CCO1. The van der Waals surface area contributed by atoms with Gasteiger partial charge in [-0.15, -0.1) is 0 Å². The van der Waals surface area contributed by atoms with E-state index >= 15 is 0 Å². The van der Waals surface area contributed by atoms with Gasteiger partial charge in [-0.05, 0) is 44.0 Å². The topological polar surface area (TPSA) is 75.5 Å². The van der Waals surface area contributed by atoms with E-state index in [0.717, 1.165) is 56.9 Å². The molecule has 2 aromatic rings. The van der Waals surface area contributed by atoms with Gasteiger partial charge in [0.15, 0.2) is 5.82 Å². The van der Waals surface area contributed by atoms with Crippen LogP contribution >= 0.6 is 0 Å². The maximum absolute atomic E-state index is 12.6. The molecule has 2 aliphatic rings. The molecular weight excluding hydrogens is 356 g/mol. The van der Waals surface area contributed by atoms with Gasteiger partial charge < -0.3 is 15.0 Å². The van der Waals surface area contributed by atoms with Crippen LogP contribution in [0.3, 0.4) is 0 Å². The van der Waals surface area contributed by atoms with E-state index in [9.17, 15) is 4.79 Å². The minimum atomic E-state index is -0.0301. The molecule has 8 nitrogen and oxygen atoms in total. The lowest BCUT2D eigenvalue weighted by Crippen LogP contribution is -2.52. The zero-order chi connectivity index (χ0) is 19.5. The van der Waals surface area contributed by atoms with Crippen LogP contribution in [0, 0.1) is 0 Å². The van der Waals surface area contributed by atoms with E-state index in [4.69, 9.17) is 4.74 Å². The van der Waals surface area contributed by atoms with Crippen molar-refractivity contribution in [2.45, 2.75) is 31.9 Å². The van der Waals surface area contributed by atoms with Crippen molar-refractivity contribution in [1.29, 1.82) is 0 Å². The van der Waals surface area contributed by atoms with E-state index in [-0.39, 0.29) is 6.03 Å². The highest BCUT2D eigenvalue weighted by Gasteiger charge is 2.29. The summed E-state index contributed by atoms with van der Waals surface area (Å²) in [4.78, 5) is 21.3. The van der Waals surface area contributed by atoms with Gasteiger partial charge in [-0.3, -0.25) is 9.58 Å². The minimum absolute atomic E-state index is 0.0301. The third-order valence-electron chi connectivity index (χ3n) is 5.53. The van der Waals surface area contributed by atoms with E-state index in [1.165, 1.54) is 0 Å². The Balaban J connectivity index is 1.28. The van der Waals surface area contributed by atoms with Crippen molar-refractivity contribution in [3.63, 3.8) is 0 Å². The van der Waals surface area contributed by atoms with Crippen LogP contribution in [0.1, 0.15) is 19.8 Å². The summed E-state index contributed by atoms with van der Waals surface area (Å²) in [6.07, 6.45) is 4.01. The van der Waals surface area contributed by atoms with Gasteiger partial charge in [0.1, 0.15) is 6.33 Å². The Kier molecular flexibility index (Phi) is 5.59. The van der Waals surface area contributed by atoms with Gasteiger partial charge in [0.25, 0.3) is 0 Å². The van der Waals surface area contributed by atoms with E-state index in [0.29, 0.717) is 18.0 Å². The van der Waals surface area contributed by atoms with Crippen molar-refractivity contribution in [3.8, 4) is 11.4 Å². The van der Waals surface area contributed by atoms with Crippen LogP contribution in [-0.2, 0) is 11.8 Å². The highest BCUT2D eigenvalue weighted by molar-refractivity contribution is 5.89. The third kappa shape index (κ3) is 4.34. The summed E-state index contributed by atoms with van der Waals surface area (Å²) in [5.41, 5.74) is 1.72. The number of amides is 2. The number of carbonyl (C=O) groups excluding carboxylic acids is 1. The number of morpholine rings is 1. The number of nitrogens with zero attached hydrogens (tertiary/aromatic N) is 5. The molecule has 0 spiro atoms. The summed E-state index contributed by atoms with van der Waals surface area (Å²) in [6.45, 7) is 6.51. The van der Waals surface area contributed by atoms with Crippen LogP contribution in [0.2, 0.25) is 0 Å². The Morgan fingerprint density at radius 3 is 2.57 bits per heavy atom. The Bertz CT molecular complexity index is 797. The lowest BCUT2D eigenvalue weighted by molar-refractivity contribution is -0.0415. The second kappa shape index (κ2) is 8.28. The molecule has 1 unspecified atom stereocenters. The zero-order valence-electron chi connectivity index (χ0n) is 16.5. The van der Waals surface area contributed by atoms with Crippen LogP contribution in [0.25, 0.3) is 11.4 Å². The number of piperidine rings is 1. The summed E-state index contributed by atoms with van der Waals surface area (Å²) in [5.74, 6) is 0.680. The molecule has 0 bridgehead atoms. The van der Waals surface area contributed by atoms with Gasteiger partial charge in [0.2, 0.25) is 0 Å². The van der Waals surface area contributed by atoms with Crippen molar-refractivity contribution in [3.05, 3.63) is 30.6 Å². The predicted molar refractivity (Wildman–Crippen MR) is 107 cm³/mol. The molecule has 3 heterocycles. The molecule has 8 heteroatoms. The highest BCUT2D eigenvalue weighted by Crippen LogP contribution is 2.21. The molecule has 2 amide bonds. The Labute approximate surface area is 165 Å². The first kappa shape index (κ1) is 18.9. The number of nitrogens with one attached hydrogen (secondary N) is 1.